The maximum Gasteiger partial charge on any atom is 0.118 e. The second kappa shape index (κ2) is 7.25. The molecular weight excluding hydrogens is 260 g/mol. The van der Waals surface area contributed by atoms with Gasteiger partial charge in [-0.05, 0) is 49.9 Å². The van der Waals surface area contributed by atoms with Gasteiger partial charge in [-0.3, -0.25) is 11.3 Å². The second-order valence-electron chi connectivity index (χ2n) is 5.53. The number of benzene rings is 2. The Morgan fingerprint density at radius 3 is 2.19 bits per heavy atom. The Bertz CT molecular complexity index is 558. The first-order chi connectivity index (χ1) is 10.1. The first-order valence-corrected chi connectivity index (χ1v) is 7.29. The minimum absolute atomic E-state index is 0.172. The molecule has 21 heavy (non-hydrogen) atoms. The number of rotatable bonds is 6. The van der Waals surface area contributed by atoms with E-state index in [1.807, 2.05) is 12.1 Å². The summed E-state index contributed by atoms with van der Waals surface area (Å²) in [4.78, 5) is 0. The number of aryl methyl sites for hydroxylation is 3. The molecule has 3 heteroatoms. The first-order valence-electron chi connectivity index (χ1n) is 7.29. The standard InChI is InChI=1S/C18H24N2O/c1-13-10-14(2)12-16(11-13)18(20-19)9-6-15-4-7-17(21-3)8-5-15/h4-5,7-8,10-12,18,20H,6,9,19H2,1-3H3. The summed E-state index contributed by atoms with van der Waals surface area (Å²) in [6.45, 7) is 4.24. The Balaban J connectivity index is 2.04. The summed E-state index contributed by atoms with van der Waals surface area (Å²) in [5.41, 5.74) is 8.03. The molecule has 3 N–H and O–H groups in total. The van der Waals surface area contributed by atoms with Crippen LogP contribution in [0.5, 0.6) is 5.75 Å². The van der Waals surface area contributed by atoms with Crippen LogP contribution in [0.4, 0.5) is 0 Å². The van der Waals surface area contributed by atoms with Crippen LogP contribution in [0.25, 0.3) is 0 Å². The highest BCUT2D eigenvalue weighted by molar-refractivity contribution is 5.31. The Kier molecular flexibility index (Phi) is 5.37. The van der Waals surface area contributed by atoms with E-state index in [9.17, 15) is 0 Å². The van der Waals surface area contributed by atoms with Crippen molar-refractivity contribution in [3.63, 3.8) is 0 Å². The Hall–Kier alpha value is -1.84. The fourth-order valence-corrected chi connectivity index (χ4v) is 2.66. The quantitative estimate of drug-likeness (QED) is 0.631. The zero-order chi connectivity index (χ0) is 15.2. The molecule has 3 nitrogen and oxygen atoms in total. The molecule has 0 amide bonds. The monoisotopic (exact) mass is 284 g/mol. The summed E-state index contributed by atoms with van der Waals surface area (Å²) in [7, 11) is 1.68. The molecule has 0 saturated carbocycles. The van der Waals surface area contributed by atoms with Crippen molar-refractivity contribution in [3.8, 4) is 5.75 Å². The van der Waals surface area contributed by atoms with Crippen molar-refractivity contribution < 1.29 is 4.74 Å². The normalized spacial score (nSPS) is 12.2. The second-order valence-corrected chi connectivity index (χ2v) is 5.53. The molecule has 0 fully saturated rings. The predicted molar refractivity (Wildman–Crippen MR) is 87.3 cm³/mol. The van der Waals surface area contributed by atoms with Crippen molar-refractivity contribution in [3.05, 3.63) is 64.7 Å². The largest absolute Gasteiger partial charge is 0.497 e. The molecule has 0 aliphatic heterocycles. The van der Waals surface area contributed by atoms with Gasteiger partial charge in [0.1, 0.15) is 5.75 Å². The molecule has 0 heterocycles. The smallest absolute Gasteiger partial charge is 0.118 e. The van der Waals surface area contributed by atoms with E-state index in [-0.39, 0.29) is 6.04 Å². The van der Waals surface area contributed by atoms with E-state index in [0.717, 1.165) is 18.6 Å². The fourth-order valence-electron chi connectivity index (χ4n) is 2.66. The minimum atomic E-state index is 0.172. The molecule has 2 aromatic rings. The highest BCUT2D eigenvalue weighted by Crippen LogP contribution is 2.22. The van der Waals surface area contributed by atoms with Gasteiger partial charge in [-0.1, -0.05) is 41.5 Å². The molecule has 0 aliphatic rings. The van der Waals surface area contributed by atoms with E-state index in [1.54, 1.807) is 7.11 Å². The Morgan fingerprint density at radius 1 is 1.05 bits per heavy atom. The molecule has 0 saturated heterocycles. The van der Waals surface area contributed by atoms with E-state index in [4.69, 9.17) is 10.6 Å². The zero-order valence-corrected chi connectivity index (χ0v) is 13.0. The fraction of sp³-hybridized carbons (Fsp3) is 0.333. The van der Waals surface area contributed by atoms with E-state index in [1.165, 1.54) is 22.3 Å². The maximum absolute atomic E-state index is 5.74. The Labute approximate surface area is 127 Å². The third kappa shape index (κ3) is 4.31. The van der Waals surface area contributed by atoms with Crippen molar-refractivity contribution in [2.45, 2.75) is 32.7 Å². The topological polar surface area (TPSA) is 47.3 Å². The molecule has 0 aliphatic carbocycles. The van der Waals surface area contributed by atoms with Crippen LogP contribution in [0.2, 0.25) is 0 Å². The lowest BCUT2D eigenvalue weighted by Gasteiger charge is -2.18. The molecule has 0 spiro atoms. The lowest BCUT2D eigenvalue weighted by atomic mass is 9.96. The van der Waals surface area contributed by atoms with Gasteiger partial charge in [-0.2, -0.15) is 0 Å². The SMILES string of the molecule is COc1ccc(CCC(NN)c2cc(C)cc(C)c2)cc1. The summed E-state index contributed by atoms with van der Waals surface area (Å²) < 4.78 is 5.18. The van der Waals surface area contributed by atoms with Crippen LogP contribution in [-0.4, -0.2) is 7.11 Å². The number of ether oxygens (including phenoxy) is 1. The molecule has 112 valence electrons. The van der Waals surface area contributed by atoms with Crippen molar-refractivity contribution in [1.29, 1.82) is 0 Å². The molecule has 2 rings (SSSR count). The van der Waals surface area contributed by atoms with Crippen LogP contribution >= 0.6 is 0 Å². The summed E-state index contributed by atoms with van der Waals surface area (Å²) in [5, 5.41) is 0. The highest BCUT2D eigenvalue weighted by atomic mass is 16.5. The number of nitrogens with two attached hydrogens (primary N) is 1. The average molecular weight is 284 g/mol. The van der Waals surface area contributed by atoms with Gasteiger partial charge in [0, 0.05) is 6.04 Å². The number of hydrogen-bond acceptors (Lipinski definition) is 3. The van der Waals surface area contributed by atoms with Gasteiger partial charge in [0.2, 0.25) is 0 Å². The molecule has 0 aromatic heterocycles. The maximum atomic E-state index is 5.74. The van der Waals surface area contributed by atoms with Gasteiger partial charge >= 0.3 is 0 Å². The summed E-state index contributed by atoms with van der Waals surface area (Å²) in [6.07, 6.45) is 1.94. The van der Waals surface area contributed by atoms with Crippen LogP contribution in [0, 0.1) is 13.8 Å². The van der Waals surface area contributed by atoms with E-state index in [0.29, 0.717) is 0 Å². The van der Waals surface area contributed by atoms with E-state index < -0.39 is 0 Å². The molecule has 1 atom stereocenters. The van der Waals surface area contributed by atoms with Gasteiger partial charge in [-0.25, -0.2) is 0 Å². The van der Waals surface area contributed by atoms with Crippen LogP contribution in [-0.2, 0) is 6.42 Å². The van der Waals surface area contributed by atoms with Gasteiger partial charge in [0.15, 0.2) is 0 Å². The average Bonchev–Trinajstić information content (AvgIpc) is 2.47. The van der Waals surface area contributed by atoms with Gasteiger partial charge in [-0.15, -0.1) is 0 Å². The van der Waals surface area contributed by atoms with Gasteiger partial charge < -0.3 is 4.74 Å². The molecule has 0 bridgehead atoms. The van der Waals surface area contributed by atoms with Crippen molar-refractivity contribution >= 4 is 0 Å². The molecule has 1 unspecified atom stereocenters. The van der Waals surface area contributed by atoms with Crippen LogP contribution in [0.3, 0.4) is 0 Å². The number of methoxy groups -OCH3 is 1. The van der Waals surface area contributed by atoms with Crippen molar-refractivity contribution in [2.24, 2.45) is 5.84 Å². The molecule has 0 radical (unpaired) electrons. The summed E-state index contributed by atoms with van der Waals surface area (Å²) >= 11 is 0. The van der Waals surface area contributed by atoms with Crippen LogP contribution in [0.1, 0.15) is 34.7 Å². The lowest BCUT2D eigenvalue weighted by Crippen LogP contribution is -2.28. The third-order valence-corrected chi connectivity index (χ3v) is 3.73. The summed E-state index contributed by atoms with van der Waals surface area (Å²) in [5.74, 6) is 6.64. The number of hydrazine groups is 1. The van der Waals surface area contributed by atoms with Crippen molar-refractivity contribution in [2.75, 3.05) is 7.11 Å². The van der Waals surface area contributed by atoms with Gasteiger partial charge in [0.05, 0.1) is 7.11 Å². The highest BCUT2D eigenvalue weighted by Gasteiger charge is 2.10. The summed E-state index contributed by atoms with van der Waals surface area (Å²) in [6, 6.07) is 15.0. The lowest BCUT2D eigenvalue weighted by molar-refractivity contribution is 0.414. The van der Waals surface area contributed by atoms with Gasteiger partial charge in [0.25, 0.3) is 0 Å². The zero-order valence-electron chi connectivity index (χ0n) is 13.0. The Morgan fingerprint density at radius 2 is 1.67 bits per heavy atom. The third-order valence-electron chi connectivity index (χ3n) is 3.73. The van der Waals surface area contributed by atoms with Crippen LogP contribution in [0.15, 0.2) is 42.5 Å². The van der Waals surface area contributed by atoms with Crippen LogP contribution < -0.4 is 16.0 Å². The first kappa shape index (κ1) is 15.5. The number of hydrogen-bond donors (Lipinski definition) is 2. The number of nitrogens with one attached hydrogen (secondary N) is 1. The van der Waals surface area contributed by atoms with E-state index >= 15 is 0 Å². The van der Waals surface area contributed by atoms with Crippen molar-refractivity contribution in [1.82, 2.24) is 5.43 Å². The molecule has 2 aromatic carbocycles. The molecular formula is C18H24N2O. The van der Waals surface area contributed by atoms with E-state index in [2.05, 4.69) is 49.6 Å². The predicted octanol–water partition coefficient (Wildman–Crippen LogP) is 3.45. The minimum Gasteiger partial charge on any atom is -0.497 e.